The molecular weight excluding hydrogens is 260 g/mol. The molecule has 1 aliphatic carbocycles. The summed E-state index contributed by atoms with van der Waals surface area (Å²) < 4.78 is 0. The summed E-state index contributed by atoms with van der Waals surface area (Å²) in [4.78, 5) is 15.3. The van der Waals surface area contributed by atoms with Crippen LogP contribution in [0.4, 0.5) is 0 Å². The molecule has 3 heteroatoms. The van der Waals surface area contributed by atoms with Crippen molar-refractivity contribution in [2.45, 2.75) is 58.0 Å². The zero-order valence-electron chi connectivity index (χ0n) is 12.8. The van der Waals surface area contributed by atoms with Crippen LogP contribution in [0, 0.1) is 0 Å². The van der Waals surface area contributed by atoms with Gasteiger partial charge in [0.15, 0.2) is 0 Å². The Hall–Kier alpha value is -1.61. The maximum Gasteiger partial charge on any atom is 0.257 e. The van der Waals surface area contributed by atoms with Gasteiger partial charge in [-0.1, -0.05) is 25.5 Å². The van der Waals surface area contributed by atoms with Crippen LogP contribution in [-0.2, 0) is 13.0 Å². The van der Waals surface area contributed by atoms with E-state index in [-0.39, 0.29) is 5.56 Å². The first-order valence-electron chi connectivity index (χ1n) is 8.24. The molecule has 3 rings (SSSR count). The summed E-state index contributed by atoms with van der Waals surface area (Å²) in [5.41, 5.74) is 3.19. The molecule has 0 spiro atoms. The third kappa shape index (κ3) is 3.35. The highest BCUT2D eigenvalue weighted by atomic mass is 16.1. The molecule has 2 aromatic rings. The number of aromatic amines is 1. The number of aromatic nitrogens is 1. The molecule has 1 aliphatic rings. The topological polar surface area (TPSA) is 49.5 Å². The minimum atomic E-state index is 0.0720. The van der Waals surface area contributed by atoms with Crippen molar-refractivity contribution in [3.8, 4) is 0 Å². The fourth-order valence-corrected chi connectivity index (χ4v) is 3.33. The number of H-pyrrole nitrogens is 1. The van der Waals surface area contributed by atoms with E-state index in [0.717, 1.165) is 29.4 Å². The van der Waals surface area contributed by atoms with Crippen molar-refractivity contribution in [2.24, 2.45) is 0 Å². The van der Waals surface area contributed by atoms with Crippen LogP contribution in [0.15, 0.2) is 29.1 Å². The van der Waals surface area contributed by atoms with Gasteiger partial charge in [0.1, 0.15) is 6.54 Å². The molecule has 1 saturated carbocycles. The number of nitrogens with two attached hydrogens (primary N) is 1. The molecule has 0 radical (unpaired) electrons. The van der Waals surface area contributed by atoms with Crippen LogP contribution in [0.25, 0.3) is 10.9 Å². The normalized spacial score (nSPS) is 16.4. The Balaban J connectivity index is 1.78. The number of quaternary nitrogens is 1. The SMILES string of the molecule is CCc1ccc2cc(C[NH2+]C3CCCCC3)c(=O)[nH]c2c1. The summed E-state index contributed by atoms with van der Waals surface area (Å²) in [5.74, 6) is 0. The van der Waals surface area contributed by atoms with E-state index < -0.39 is 0 Å². The molecular formula is C18H25N2O+. The van der Waals surface area contributed by atoms with Gasteiger partial charge >= 0.3 is 0 Å². The van der Waals surface area contributed by atoms with Gasteiger partial charge in [-0.15, -0.1) is 0 Å². The highest BCUT2D eigenvalue weighted by Gasteiger charge is 2.16. The number of hydrogen-bond acceptors (Lipinski definition) is 1. The zero-order chi connectivity index (χ0) is 14.7. The number of benzene rings is 1. The lowest BCUT2D eigenvalue weighted by molar-refractivity contribution is -0.706. The molecule has 0 unspecified atom stereocenters. The molecule has 0 atom stereocenters. The smallest absolute Gasteiger partial charge is 0.257 e. The van der Waals surface area contributed by atoms with Crippen LogP contribution in [0.2, 0.25) is 0 Å². The van der Waals surface area contributed by atoms with Crippen molar-refractivity contribution in [1.29, 1.82) is 0 Å². The molecule has 1 aromatic carbocycles. The molecule has 0 amide bonds. The zero-order valence-corrected chi connectivity index (χ0v) is 12.8. The monoisotopic (exact) mass is 285 g/mol. The van der Waals surface area contributed by atoms with Gasteiger partial charge in [0, 0.05) is 5.52 Å². The van der Waals surface area contributed by atoms with Crippen molar-refractivity contribution < 1.29 is 5.32 Å². The average Bonchev–Trinajstić information content (AvgIpc) is 2.53. The van der Waals surface area contributed by atoms with E-state index in [1.54, 1.807) is 0 Å². The first-order valence-corrected chi connectivity index (χ1v) is 8.24. The second-order valence-electron chi connectivity index (χ2n) is 6.24. The van der Waals surface area contributed by atoms with Crippen LogP contribution >= 0.6 is 0 Å². The Labute approximate surface area is 125 Å². The van der Waals surface area contributed by atoms with E-state index >= 15 is 0 Å². The van der Waals surface area contributed by atoms with Crippen molar-refractivity contribution in [2.75, 3.05) is 0 Å². The van der Waals surface area contributed by atoms with Gasteiger partial charge in [-0.25, -0.2) is 0 Å². The summed E-state index contributed by atoms with van der Waals surface area (Å²) in [7, 11) is 0. The summed E-state index contributed by atoms with van der Waals surface area (Å²) in [6.45, 7) is 2.93. The minimum Gasteiger partial charge on any atom is -0.340 e. The van der Waals surface area contributed by atoms with Gasteiger partial charge in [-0.05, 0) is 55.2 Å². The van der Waals surface area contributed by atoms with E-state index in [4.69, 9.17) is 0 Å². The van der Waals surface area contributed by atoms with Crippen LogP contribution in [0.1, 0.15) is 50.2 Å². The predicted octanol–water partition coefficient (Wildman–Crippen LogP) is 2.49. The molecule has 1 heterocycles. The van der Waals surface area contributed by atoms with E-state index in [1.807, 2.05) is 0 Å². The van der Waals surface area contributed by atoms with E-state index in [1.165, 1.54) is 37.7 Å². The lowest BCUT2D eigenvalue weighted by Gasteiger charge is -2.19. The molecule has 112 valence electrons. The minimum absolute atomic E-state index is 0.0720. The molecule has 1 fully saturated rings. The Kier molecular flexibility index (Phi) is 4.39. The summed E-state index contributed by atoms with van der Waals surface area (Å²) >= 11 is 0. The first-order chi connectivity index (χ1) is 10.3. The highest BCUT2D eigenvalue weighted by Crippen LogP contribution is 2.15. The van der Waals surface area contributed by atoms with E-state index in [0.29, 0.717) is 6.04 Å². The maximum atomic E-state index is 12.2. The van der Waals surface area contributed by atoms with Gasteiger partial charge in [0.2, 0.25) is 0 Å². The number of pyridine rings is 1. The summed E-state index contributed by atoms with van der Waals surface area (Å²) in [5, 5.41) is 3.49. The van der Waals surface area contributed by atoms with Gasteiger partial charge in [-0.2, -0.15) is 0 Å². The maximum absolute atomic E-state index is 12.2. The number of fused-ring (bicyclic) bond motifs is 1. The quantitative estimate of drug-likeness (QED) is 0.891. The van der Waals surface area contributed by atoms with E-state index in [2.05, 4.69) is 41.5 Å². The van der Waals surface area contributed by atoms with Gasteiger partial charge < -0.3 is 10.3 Å². The Morgan fingerprint density at radius 1 is 1.19 bits per heavy atom. The molecule has 3 nitrogen and oxygen atoms in total. The van der Waals surface area contributed by atoms with Gasteiger partial charge in [0.05, 0.1) is 11.6 Å². The van der Waals surface area contributed by atoms with Crippen LogP contribution in [0.5, 0.6) is 0 Å². The fraction of sp³-hybridized carbons (Fsp3) is 0.500. The second-order valence-corrected chi connectivity index (χ2v) is 6.24. The molecule has 0 aliphatic heterocycles. The number of rotatable bonds is 4. The number of hydrogen-bond donors (Lipinski definition) is 2. The fourth-order valence-electron chi connectivity index (χ4n) is 3.33. The lowest BCUT2D eigenvalue weighted by atomic mass is 9.95. The van der Waals surface area contributed by atoms with E-state index in [9.17, 15) is 4.79 Å². The van der Waals surface area contributed by atoms with Crippen LogP contribution < -0.4 is 10.9 Å². The predicted molar refractivity (Wildman–Crippen MR) is 86.4 cm³/mol. The first kappa shape index (κ1) is 14.3. The molecule has 3 N–H and O–H groups in total. The lowest BCUT2D eigenvalue weighted by Crippen LogP contribution is -2.89. The van der Waals surface area contributed by atoms with Crippen molar-refractivity contribution in [1.82, 2.24) is 4.98 Å². The largest absolute Gasteiger partial charge is 0.340 e. The van der Waals surface area contributed by atoms with Crippen LogP contribution in [0.3, 0.4) is 0 Å². The standard InChI is InChI=1S/C18H24N2O/c1-2-13-8-9-14-11-15(18(21)20-17(14)10-13)12-19-16-6-4-3-5-7-16/h8-11,16,19H,2-7,12H2,1H3,(H,20,21)/p+1. The summed E-state index contributed by atoms with van der Waals surface area (Å²) in [6.07, 6.45) is 7.65. The number of nitrogens with one attached hydrogen (secondary N) is 1. The Bertz CT molecular complexity index is 668. The average molecular weight is 285 g/mol. The third-order valence-electron chi connectivity index (χ3n) is 4.72. The van der Waals surface area contributed by atoms with Crippen molar-refractivity contribution >= 4 is 10.9 Å². The second kappa shape index (κ2) is 6.44. The van der Waals surface area contributed by atoms with Crippen molar-refractivity contribution in [3.63, 3.8) is 0 Å². The Morgan fingerprint density at radius 2 is 2.00 bits per heavy atom. The van der Waals surface area contributed by atoms with Crippen LogP contribution in [-0.4, -0.2) is 11.0 Å². The van der Waals surface area contributed by atoms with Gasteiger partial charge in [0.25, 0.3) is 5.56 Å². The summed E-state index contributed by atoms with van der Waals surface area (Å²) in [6, 6.07) is 9.12. The van der Waals surface area contributed by atoms with Gasteiger partial charge in [-0.3, -0.25) is 4.79 Å². The highest BCUT2D eigenvalue weighted by molar-refractivity contribution is 5.79. The third-order valence-corrected chi connectivity index (χ3v) is 4.72. The van der Waals surface area contributed by atoms with Crippen molar-refractivity contribution in [3.05, 3.63) is 45.7 Å². The molecule has 0 saturated heterocycles. The molecule has 1 aromatic heterocycles. The molecule has 0 bridgehead atoms. The Morgan fingerprint density at radius 3 is 2.76 bits per heavy atom. The number of aryl methyl sites for hydroxylation is 1. The molecule has 21 heavy (non-hydrogen) atoms.